The van der Waals surface area contributed by atoms with Crippen LogP contribution in [-0.4, -0.2) is 34.1 Å². The van der Waals surface area contributed by atoms with E-state index in [2.05, 4.69) is 11.8 Å². The van der Waals surface area contributed by atoms with Crippen molar-refractivity contribution >= 4 is 17.6 Å². The number of hydrogen-bond acceptors (Lipinski definition) is 5. The van der Waals surface area contributed by atoms with Crippen LogP contribution in [0, 0.1) is 17.7 Å². The lowest BCUT2D eigenvalue weighted by Crippen LogP contribution is -2.38. The molecule has 2 rings (SSSR count). The maximum Gasteiger partial charge on any atom is 0.339 e. The highest BCUT2D eigenvalue weighted by molar-refractivity contribution is 6.32. The number of rotatable bonds is 5. The van der Waals surface area contributed by atoms with Crippen LogP contribution in [-0.2, 0) is 6.42 Å². The lowest BCUT2D eigenvalue weighted by Gasteiger charge is -2.14. The molecule has 0 spiro atoms. The summed E-state index contributed by atoms with van der Waals surface area (Å²) in [6.07, 6.45) is 0.0478. The van der Waals surface area contributed by atoms with E-state index >= 15 is 0 Å². The molecule has 4 N–H and O–H groups in total. The van der Waals surface area contributed by atoms with Crippen LogP contribution in [0.3, 0.4) is 0 Å². The predicted octanol–water partition coefficient (Wildman–Crippen LogP) is 2.91. The number of furan rings is 1. The number of carbonyl (C=O) groups is 1. The fourth-order valence-electron chi connectivity index (χ4n) is 1.97. The fraction of sp³-hybridized carbons (Fsp3) is 0.235. The van der Waals surface area contributed by atoms with Crippen molar-refractivity contribution in [1.82, 2.24) is 5.06 Å². The molecule has 0 saturated heterocycles. The minimum Gasteiger partial charge on any atom is -0.424 e. The number of halogens is 2. The summed E-state index contributed by atoms with van der Waals surface area (Å²) in [6.45, 7) is 1.21. The molecule has 0 bridgehead atoms. The largest absolute Gasteiger partial charge is 0.424 e. The molecule has 9 heteroatoms. The van der Waals surface area contributed by atoms with E-state index in [4.69, 9.17) is 31.6 Å². The molecule has 26 heavy (non-hydrogen) atoms. The average Bonchev–Trinajstić information content (AvgIpc) is 3.05. The molecule has 0 radical (unpaired) electrons. The van der Waals surface area contributed by atoms with Gasteiger partial charge in [0, 0.05) is 24.7 Å². The molecule has 7 nitrogen and oxygen atoms in total. The van der Waals surface area contributed by atoms with E-state index < -0.39 is 17.9 Å². The highest BCUT2D eigenvalue weighted by Crippen LogP contribution is 2.34. The summed E-state index contributed by atoms with van der Waals surface area (Å²) in [5.41, 5.74) is 5.07. The number of ether oxygens (including phenoxy) is 1. The van der Waals surface area contributed by atoms with Crippen molar-refractivity contribution < 1.29 is 28.7 Å². The maximum absolute atomic E-state index is 13.7. The van der Waals surface area contributed by atoms with Crippen molar-refractivity contribution in [3.05, 3.63) is 46.4 Å². The molecular formula is C17H16ClFN2O5. The van der Waals surface area contributed by atoms with Crippen molar-refractivity contribution in [3.8, 4) is 23.5 Å². The van der Waals surface area contributed by atoms with Crippen LogP contribution in [0.25, 0.3) is 0 Å². The van der Waals surface area contributed by atoms with E-state index in [9.17, 15) is 14.4 Å². The van der Waals surface area contributed by atoms with Crippen LogP contribution in [0.1, 0.15) is 18.2 Å². The smallest absolute Gasteiger partial charge is 0.339 e. The Bertz CT molecular complexity index is 859. The third kappa shape index (κ3) is 4.67. The van der Waals surface area contributed by atoms with Crippen molar-refractivity contribution in [2.45, 2.75) is 19.4 Å². The van der Waals surface area contributed by atoms with Gasteiger partial charge in [-0.2, -0.15) is 5.06 Å². The first-order valence-electron chi connectivity index (χ1n) is 7.48. The van der Waals surface area contributed by atoms with Crippen molar-refractivity contribution in [2.75, 3.05) is 6.61 Å². The third-order valence-electron chi connectivity index (χ3n) is 3.30. The Morgan fingerprint density at radius 1 is 1.46 bits per heavy atom. The van der Waals surface area contributed by atoms with Crippen molar-refractivity contribution in [3.63, 3.8) is 0 Å². The number of hydrogen-bond donors (Lipinski definition) is 3. The number of urea groups is 1. The summed E-state index contributed by atoms with van der Waals surface area (Å²) in [5, 5.41) is 18.6. The number of nitrogens with two attached hydrogens (primary N) is 1. The zero-order valence-corrected chi connectivity index (χ0v) is 14.5. The van der Waals surface area contributed by atoms with E-state index in [0.717, 1.165) is 0 Å². The molecule has 0 saturated carbocycles. The van der Waals surface area contributed by atoms with Crippen LogP contribution >= 0.6 is 11.6 Å². The van der Waals surface area contributed by atoms with E-state index in [-0.39, 0.29) is 46.1 Å². The molecule has 1 heterocycles. The Balaban J connectivity index is 2.15. The zero-order chi connectivity index (χ0) is 19.3. The molecule has 0 aliphatic carbocycles. The quantitative estimate of drug-likeness (QED) is 0.418. The molecule has 1 unspecified atom stereocenters. The van der Waals surface area contributed by atoms with Gasteiger partial charge in [-0.05, 0) is 31.0 Å². The molecule has 0 fully saturated rings. The Morgan fingerprint density at radius 3 is 2.85 bits per heavy atom. The highest BCUT2D eigenvalue weighted by atomic mass is 35.5. The van der Waals surface area contributed by atoms with Gasteiger partial charge in [0.1, 0.15) is 17.6 Å². The van der Waals surface area contributed by atoms with Crippen molar-refractivity contribution in [1.29, 1.82) is 0 Å². The number of nitrogens with zero attached hydrogens (tertiary/aromatic N) is 1. The monoisotopic (exact) mass is 382 g/mol. The second-order valence-electron chi connectivity index (χ2n) is 5.16. The first-order chi connectivity index (χ1) is 12.3. The number of amides is 2. The van der Waals surface area contributed by atoms with Gasteiger partial charge in [0.15, 0.2) is 5.76 Å². The lowest BCUT2D eigenvalue weighted by molar-refractivity contribution is -0.0536. The predicted molar refractivity (Wildman–Crippen MR) is 90.5 cm³/mol. The Hall–Kier alpha value is -2.73. The highest BCUT2D eigenvalue weighted by Gasteiger charge is 2.15. The van der Waals surface area contributed by atoms with Gasteiger partial charge in [0.05, 0.1) is 5.02 Å². The first-order valence-corrected chi connectivity index (χ1v) is 7.85. The summed E-state index contributed by atoms with van der Waals surface area (Å²) < 4.78 is 24.5. The topological polar surface area (TPSA) is 109 Å². The number of aliphatic hydroxyl groups is 1. The van der Waals surface area contributed by atoms with E-state index in [1.807, 2.05) is 0 Å². The number of benzene rings is 1. The first kappa shape index (κ1) is 19.6. The van der Waals surface area contributed by atoms with Crippen LogP contribution in [0.5, 0.6) is 11.7 Å². The minimum atomic E-state index is -1.03. The summed E-state index contributed by atoms with van der Waals surface area (Å²) >= 11 is 6.09. The van der Waals surface area contributed by atoms with E-state index in [1.54, 1.807) is 0 Å². The van der Waals surface area contributed by atoms with Crippen LogP contribution in [0.4, 0.5) is 9.18 Å². The molecule has 1 aromatic heterocycles. The second-order valence-corrected chi connectivity index (χ2v) is 5.54. The Morgan fingerprint density at radius 2 is 2.19 bits per heavy atom. The van der Waals surface area contributed by atoms with Crippen LogP contribution in [0.2, 0.25) is 5.02 Å². The third-order valence-corrected chi connectivity index (χ3v) is 3.72. The van der Waals surface area contributed by atoms with Gasteiger partial charge in [-0.15, -0.1) is 0 Å². The van der Waals surface area contributed by atoms with Gasteiger partial charge >= 0.3 is 6.03 Å². The number of aliphatic hydroxyl groups excluding tert-OH is 1. The minimum absolute atomic E-state index is 0.0362. The normalized spacial score (nSPS) is 11.4. The van der Waals surface area contributed by atoms with Crippen LogP contribution < -0.4 is 10.5 Å². The molecular weight excluding hydrogens is 367 g/mol. The number of carbonyl (C=O) groups excluding carboxylic acids is 1. The number of hydroxylamine groups is 2. The van der Waals surface area contributed by atoms with E-state index in [1.165, 1.54) is 31.2 Å². The van der Waals surface area contributed by atoms with Gasteiger partial charge in [0.2, 0.25) is 0 Å². The van der Waals surface area contributed by atoms with Gasteiger partial charge in [-0.25, -0.2) is 9.18 Å². The van der Waals surface area contributed by atoms with Gasteiger partial charge in [0.25, 0.3) is 5.95 Å². The maximum atomic E-state index is 13.7. The molecule has 1 aromatic carbocycles. The molecule has 0 aliphatic rings. The zero-order valence-electron chi connectivity index (χ0n) is 13.7. The summed E-state index contributed by atoms with van der Waals surface area (Å²) in [5.74, 6) is 5.07. The second kappa shape index (κ2) is 8.58. The van der Waals surface area contributed by atoms with Crippen LogP contribution in [0.15, 0.2) is 28.7 Å². The molecule has 2 aromatic rings. The van der Waals surface area contributed by atoms with Crippen molar-refractivity contribution in [2.24, 2.45) is 5.73 Å². The molecule has 138 valence electrons. The van der Waals surface area contributed by atoms with Gasteiger partial charge < -0.3 is 20.0 Å². The fourth-order valence-corrected chi connectivity index (χ4v) is 2.26. The summed E-state index contributed by atoms with van der Waals surface area (Å²) in [4.78, 5) is 10.8. The van der Waals surface area contributed by atoms with E-state index in [0.29, 0.717) is 0 Å². The average molecular weight is 383 g/mol. The lowest BCUT2D eigenvalue weighted by atomic mass is 10.1. The number of primary amides is 1. The Kier molecular flexibility index (Phi) is 6.46. The van der Waals surface area contributed by atoms with Gasteiger partial charge in [-0.3, -0.25) is 5.21 Å². The van der Waals surface area contributed by atoms with Gasteiger partial charge in [-0.1, -0.05) is 17.5 Å². The SMILES string of the molecule is CC(C#Cc1ccc(Oc2ccc(F)c(CCO)c2Cl)o1)N(O)C(N)=O. The Labute approximate surface area is 153 Å². The summed E-state index contributed by atoms with van der Waals surface area (Å²) in [6, 6.07) is 3.63. The molecule has 0 aliphatic heterocycles. The standard InChI is InChI=1S/C17H16ClFN2O5/c1-10(21(24)17(20)23)2-3-11-4-7-15(25-11)26-14-6-5-13(19)12(8-9-22)16(14)18/h4-7,10,22,24H,8-9H2,1H3,(H2,20,23). The molecule has 2 amide bonds. The molecule has 1 atom stereocenters. The summed E-state index contributed by atoms with van der Waals surface area (Å²) in [7, 11) is 0.